The van der Waals surface area contributed by atoms with Gasteiger partial charge in [-0.15, -0.1) is 11.3 Å². The molecule has 0 aliphatic carbocycles. The van der Waals surface area contributed by atoms with E-state index in [2.05, 4.69) is 5.32 Å². The SMILES string of the molecule is CCOc1cccc(Cn2c(=O)c3sccc3n(CC(=O)Nc3ccc(Cl)cc3F)c2=O)c1. The molecule has 0 bridgehead atoms. The molecule has 0 atom stereocenters. The lowest BCUT2D eigenvalue weighted by atomic mass is 10.2. The van der Waals surface area contributed by atoms with Gasteiger partial charge in [-0.25, -0.2) is 9.18 Å². The van der Waals surface area contributed by atoms with Crippen LogP contribution < -0.4 is 21.3 Å². The van der Waals surface area contributed by atoms with Crippen LogP contribution in [0.5, 0.6) is 5.75 Å². The van der Waals surface area contributed by atoms with Gasteiger partial charge in [-0.3, -0.25) is 18.7 Å². The van der Waals surface area contributed by atoms with Crippen LogP contribution in [0.25, 0.3) is 10.2 Å². The number of carbonyl (C=O) groups excluding carboxylic acids is 1. The maximum atomic E-state index is 14.1. The lowest BCUT2D eigenvalue weighted by Crippen LogP contribution is -2.41. The van der Waals surface area contributed by atoms with E-state index in [1.807, 2.05) is 6.92 Å². The highest BCUT2D eigenvalue weighted by Gasteiger charge is 2.17. The summed E-state index contributed by atoms with van der Waals surface area (Å²) < 4.78 is 22.2. The number of halogens is 2. The molecule has 4 rings (SSSR count). The number of ether oxygens (including phenoxy) is 1. The van der Waals surface area contributed by atoms with Crippen LogP contribution in [0.4, 0.5) is 10.1 Å². The number of nitrogens with one attached hydrogen (secondary N) is 1. The molecule has 33 heavy (non-hydrogen) atoms. The van der Waals surface area contributed by atoms with Gasteiger partial charge in [-0.2, -0.15) is 0 Å². The van der Waals surface area contributed by atoms with Crippen molar-refractivity contribution in [3.05, 3.63) is 91.2 Å². The first-order chi connectivity index (χ1) is 15.9. The van der Waals surface area contributed by atoms with Gasteiger partial charge in [0, 0.05) is 5.02 Å². The van der Waals surface area contributed by atoms with Crippen molar-refractivity contribution < 1.29 is 13.9 Å². The van der Waals surface area contributed by atoms with Crippen LogP contribution in [-0.4, -0.2) is 21.6 Å². The summed E-state index contributed by atoms with van der Waals surface area (Å²) in [5, 5.41) is 4.32. The molecule has 0 fully saturated rings. The van der Waals surface area contributed by atoms with Gasteiger partial charge in [0.2, 0.25) is 5.91 Å². The second kappa shape index (κ2) is 9.60. The van der Waals surface area contributed by atoms with E-state index in [0.29, 0.717) is 28.1 Å². The molecule has 0 radical (unpaired) electrons. The Hall–Kier alpha value is -3.43. The molecular formula is C23H19ClFN3O4S. The van der Waals surface area contributed by atoms with Crippen LogP contribution in [0.2, 0.25) is 5.02 Å². The number of amides is 1. The molecule has 2 heterocycles. The molecule has 2 aromatic carbocycles. The third-order valence-electron chi connectivity index (χ3n) is 4.89. The van der Waals surface area contributed by atoms with E-state index in [9.17, 15) is 18.8 Å². The average molecular weight is 488 g/mol. The molecule has 7 nitrogen and oxygen atoms in total. The van der Waals surface area contributed by atoms with Gasteiger partial charge in [0.25, 0.3) is 5.56 Å². The van der Waals surface area contributed by atoms with Crippen molar-refractivity contribution in [2.45, 2.75) is 20.0 Å². The Balaban J connectivity index is 1.69. The number of rotatable bonds is 7. The smallest absolute Gasteiger partial charge is 0.332 e. The second-order valence-corrected chi connectivity index (χ2v) is 8.50. The van der Waals surface area contributed by atoms with E-state index >= 15 is 0 Å². The predicted molar refractivity (Wildman–Crippen MR) is 127 cm³/mol. The number of nitrogens with zero attached hydrogens (tertiary/aromatic N) is 2. The van der Waals surface area contributed by atoms with Crippen molar-refractivity contribution in [2.75, 3.05) is 11.9 Å². The fraction of sp³-hybridized carbons (Fsp3) is 0.174. The molecule has 1 N–H and O–H groups in total. The van der Waals surface area contributed by atoms with Crippen molar-refractivity contribution in [1.29, 1.82) is 0 Å². The molecule has 0 saturated carbocycles. The summed E-state index contributed by atoms with van der Waals surface area (Å²) in [6.07, 6.45) is 0. The van der Waals surface area contributed by atoms with Gasteiger partial charge in [0.1, 0.15) is 22.8 Å². The maximum Gasteiger partial charge on any atom is 0.332 e. The second-order valence-electron chi connectivity index (χ2n) is 7.15. The Morgan fingerprint density at radius 3 is 2.73 bits per heavy atom. The van der Waals surface area contributed by atoms with Crippen LogP contribution in [0.15, 0.2) is 63.5 Å². The van der Waals surface area contributed by atoms with E-state index in [-0.39, 0.29) is 17.3 Å². The van der Waals surface area contributed by atoms with Gasteiger partial charge < -0.3 is 10.1 Å². The predicted octanol–water partition coefficient (Wildman–Crippen LogP) is 4.10. The van der Waals surface area contributed by atoms with Crippen LogP contribution >= 0.6 is 22.9 Å². The molecule has 0 saturated heterocycles. The van der Waals surface area contributed by atoms with Crippen LogP contribution in [0.1, 0.15) is 12.5 Å². The minimum atomic E-state index is -0.692. The van der Waals surface area contributed by atoms with Gasteiger partial charge >= 0.3 is 5.69 Å². The van der Waals surface area contributed by atoms with Crippen LogP contribution in [-0.2, 0) is 17.9 Å². The normalized spacial score (nSPS) is 11.0. The maximum absolute atomic E-state index is 14.1. The lowest BCUT2D eigenvalue weighted by Gasteiger charge is -2.13. The van der Waals surface area contributed by atoms with Gasteiger partial charge in [-0.1, -0.05) is 23.7 Å². The zero-order valence-electron chi connectivity index (χ0n) is 17.5. The topological polar surface area (TPSA) is 82.3 Å². The van der Waals surface area contributed by atoms with E-state index in [4.69, 9.17) is 16.3 Å². The minimum absolute atomic E-state index is 0.0137. The monoisotopic (exact) mass is 487 g/mol. The van der Waals surface area contributed by atoms with E-state index in [0.717, 1.165) is 10.6 Å². The van der Waals surface area contributed by atoms with Gasteiger partial charge in [0.05, 0.1) is 24.4 Å². The average Bonchev–Trinajstić information content (AvgIpc) is 3.27. The molecule has 1 amide bonds. The Kier molecular flexibility index (Phi) is 6.62. The van der Waals surface area contributed by atoms with Crippen molar-refractivity contribution >= 4 is 44.7 Å². The highest BCUT2D eigenvalue weighted by molar-refractivity contribution is 7.17. The summed E-state index contributed by atoms with van der Waals surface area (Å²) in [5.74, 6) is -0.678. The molecule has 0 unspecified atom stereocenters. The highest BCUT2D eigenvalue weighted by atomic mass is 35.5. The Bertz CT molecular complexity index is 1460. The van der Waals surface area contributed by atoms with Crippen molar-refractivity contribution in [3.63, 3.8) is 0 Å². The number of aromatic nitrogens is 2. The molecule has 0 spiro atoms. The van der Waals surface area contributed by atoms with E-state index in [1.165, 1.54) is 28.0 Å². The summed E-state index contributed by atoms with van der Waals surface area (Å²) in [6, 6.07) is 12.6. The molecule has 2 aromatic heterocycles. The Labute approximate surface area is 196 Å². The number of thiophene rings is 1. The van der Waals surface area contributed by atoms with Crippen molar-refractivity contribution in [1.82, 2.24) is 9.13 Å². The molecular weight excluding hydrogens is 469 g/mol. The zero-order chi connectivity index (χ0) is 23.5. The molecule has 0 aliphatic heterocycles. The standard InChI is InChI=1S/C23H19ClFN3O4S/c1-2-32-16-5-3-4-14(10-16)12-28-22(30)21-19(8-9-33-21)27(23(28)31)13-20(29)26-18-7-6-15(24)11-17(18)25/h3-11H,2,12-13H2,1H3,(H,26,29). The first kappa shape index (κ1) is 22.8. The fourth-order valence-electron chi connectivity index (χ4n) is 3.43. The minimum Gasteiger partial charge on any atom is -0.494 e. The zero-order valence-corrected chi connectivity index (χ0v) is 19.1. The number of anilines is 1. The molecule has 170 valence electrons. The molecule has 0 aliphatic rings. The summed E-state index contributed by atoms with van der Waals surface area (Å²) in [7, 11) is 0. The largest absolute Gasteiger partial charge is 0.494 e. The number of fused-ring (bicyclic) bond motifs is 1. The number of benzene rings is 2. The third kappa shape index (κ3) is 4.84. The summed E-state index contributed by atoms with van der Waals surface area (Å²) in [4.78, 5) is 38.9. The van der Waals surface area contributed by atoms with Crippen LogP contribution in [0, 0.1) is 5.82 Å². The highest BCUT2D eigenvalue weighted by Crippen LogP contribution is 2.20. The van der Waals surface area contributed by atoms with Crippen molar-refractivity contribution in [3.8, 4) is 5.75 Å². The summed E-state index contributed by atoms with van der Waals surface area (Å²) in [6.45, 7) is 1.97. The molecule has 10 heteroatoms. The number of hydrogen-bond acceptors (Lipinski definition) is 5. The number of carbonyl (C=O) groups is 1. The third-order valence-corrected chi connectivity index (χ3v) is 6.02. The first-order valence-electron chi connectivity index (χ1n) is 10.0. The summed E-state index contributed by atoms with van der Waals surface area (Å²) >= 11 is 6.93. The van der Waals surface area contributed by atoms with Crippen molar-refractivity contribution in [2.24, 2.45) is 0 Å². The lowest BCUT2D eigenvalue weighted by molar-refractivity contribution is -0.116. The van der Waals surface area contributed by atoms with E-state index in [1.54, 1.807) is 35.7 Å². The number of hydrogen-bond donors (Lipinski definition) is 1. The van der Waals surface area contributed by atoms with E-state index < -0.39 is 29.5 Å². The summed E-state index contributed by atoms with van der Waals surface area (Å²) in [5.41, 5.74) is -0.0805. The fourth-order valence-corrected chi connectivity index (χ4v) is 4.43. The first-order valence-corrected chi connectivity index (χ1v) is 11.3. The van der Waals surface area contributed by atoms with Gasteiger partial charge in [0.15, 0.2) is 0 Å². The van der Waals surface area contributed by atoms with Crippen LogP contribution in [0.3, 0.4) is 0 Å². The Morgan fingerprint density at radius 1 is 1.15 bits per heavy atom. The van der Waals surface area contributed by atoms with Gasteiger partial charge in [-0.05, 0) is 54.3 Å². The quantitative estimate of drug-likeness (QED) is 0.425. The molecule has 4 aromatic rings. The Morgan fingerprint density at radius 2 is 1.97 bits per heavy atom.